The second kappa shape index (κ2) is 4.87. The summed E-state index contributed by atoms with van der Waals surface area (Å²) in [6.45, 7) is 0. The molecule has 1 aromatic carbocycles. The molecule has 2 aromatic rings. The zero-order valence-electron chi connectivity index (χ0n) is 8.84. The summed E-state index contributed by atoms with van der Waals surface area (Å²) in [5, 5.41) is 0.0642. The Bertz CT molecular complexity index is 661. The molecule has 0 fully saturated rings. The van der Waals surface area contributed by atoms with Gasteiger partial charge in [0, 0.05) is 0 Å². The van der Waals surface area contributed by atoms with Gasteiger partial charge in [0.2, 0.25) is 0 Å². The zero-order valence-corrected chi connectivity index (χ0v) is 10.4. The summed E-state index contributed by atoms with van der Waals surface area (Å²) < 4.78 is 38.6. The Morgan fingerprint density at radius 2 is 1.83 bits per heavy atom. The third kappa shape index (κ3) is 2.93. The zero-order chi connectivity index (χ0) is 13.2. The number of hydrogen-bond donors (Lipinski definition) is 1. The van der Waals surface area contributed by atoms with E-state index >= 15 is 0 Å². The molecule has 2 rings (SSSR count). The van der Waals surface area contributed by atoms with Crippen LogP contribution in [0.5, 0.6) is 0 Å². The Balaban J connectivity index is 2.30. The van der Waals surface area contributed by atoms with Crippen LogP contribution in [0.2, 0.25) is 5.15 Å². The molecule has 0 saturated carbocycles. The molecule has 1 aromatic heterocycles. The standard InChI is InChI=1S/C10H7ClFN3O2S/c11-9-5-13-6-10(14-9)15-18(16,17)8-3-1-7(12)2-4-8/h1-6H,(H,14,15). The highest BCUT2D eigenvalue weighted by Gasteiger charge is 2.15. The predicted octanol–water partition coefficient (Wildman–Crippen LogP) is 2.07. The van der Waals surface area contributed by atoms with Crippen molar-refractivity contribution in [2.45, 2.75) is 4.90 Å². The number of nitrogens with zero attached hydrogens (tertiary/aromatic N) is 2. The lowest BCUT2D eigenvalue weighted by molar-refractivity contribution is 0.599. The van der Waals surface area contributed by atoms with Crippen LogP contribution < -0.4 is 4.72 Å². The van der Waals surface area contributed by atoms with Crippen LogP contribution in [0, 0.1) is 5.82 Å². The van der Waals surface area contributed by atoms with Gasteiger partial charge in [0.05, 0.1) is 17.3 Å². The smallest absolute Gasteiger partial charge is 0.262 e. The number of halogens is 2. The summed E-state index contributed by atoms with van der Waals surface area (Å²) in [5.41, 5.74) is 0. The van der Waals surface area contributed by atoms with Gasteiger partial charge >= 0.3 is 0 Å². The van der Waals surface area contributed by atoms with Gasteiger partial charge in [-0.3, -0.25) is 9.71 Å². The van der Waals surface area contributed by atoms with E-state index in [0.29, 0.717) is 0 Å². The van der Waals surface area contributed by atoms with Crippen LogP contribution in [0.25, 0.3) is 0 Å². The molecule has 0 saturated heterocycles. The minimum absolute atomic E-state index is 0.00757. The van der Waals surface area contributed by atoms with Crippen molar-refractivity contribution in [3.8, 4) is 0 Å². The number of benzene rings is 1. The summed E-state index contributed by atoms with van der Waals surface area (Å²) in [6, 6.07) is 4.40. The van der Waals surface area contributed by atoms with Crippen molar-refractivity contribution >= 4 is 27.4 Å². The van der Waals surface area contributed by atoms with Crippen molar-refractivity contribution in [2.24, 2.45) is 0 Å². The van der Waals surface area contributed by atoms with Crippen molar-refractivity contribution < 1.29 is 12.8 Å². The molecule has 0 amide bonds. The Morgan fingerprint density at radius 1 is 1.17 bits per heavy atom. The monoisotopic (exact) mass is 287 g/mol. The summed E-state index contributed by atoms with van der Waals surface area (Å²) in [5.74, 6) is -0.525. The number of nitrogens with one attached hydrogen (secondary N) is 1. The molecule has 5 nitrogen and oxygen atoms in total. The average Bonchev–Trinajstić information content (AvgIpc) is 2.29. The largest absolute Gasteiger partial charge is 0.263 e. The van der Waals surface area contributed by atoms with Crippen LogP contribution in [0.3, 0.4) is 0 Å². The number of aromatic nitrogens is 2. The van der Waals surface area contributed by atoms with E-state index in [1.807, 2.05) is 0 Å². The SMILES string of the molecule is O=S(=O)(Nc1cncc(Cl)n1)c1ccc(F)cc1. The van der Waals surface area contributed by atoms with Crippen LogP contribution in [-0.2, 0) is 10.0 Å². The molecule has 0 aliphatic carbocycles. The molecule has 94 valence electrons. The maximum atomic E-state index is 12.7. The van der Waals surface area contributed by atoms with Crippen LogP contribution >= 0.6 is 11.6 Å². The van der Waals surface area contributed by atoms with E-state index in [2.05, 4.69) is 14.7 Å². The third-order valence-corrected chi connectivity index (χ3v) is 3.52. The van der Waals surface area contributed by atoms with Crippen molar-refractivity contribution in [3.63, 3.8) is 0 Å². The van der Waals surface area contributed by atoms with Crippen molar-refractivity contribution in [1.29, 1.82) is 0 Å². The predicted molar refractivity (Wildman–Crippen MR) is 64.3 cm³/mol. The van der Waals surface area contributed by atoms with Crippen LogP contribution in [0.4, 0.5) is 10.2 Å². The van der Waals surface area contributed by atoms with E-state index in [0.717, 1.165) is 24.3 Å². The van der Waals surface area contributed by atoms with Gasteiger partial charge in [-0.25, -0.2) is 17.8 Å². The normalized spacial score (nSPS) is 11.2. The second-order valence-corrected chi connectivity index (χ2v) is 5.36. The molecular weight excluding hydrogens is 281 g/mol. The lowest BCUT2D eigenvalue weighted by Gasteiger charge is -2.06. The summed E-state index contributed by atoms with van der Waals surface area (Å²) in [6.07, 6.45) is 2.49. The van der Waals surface area contributed by atoms with Gasteiger partial charge in [-0.05, 0) is 24.3 Å². The fourth-order valence-corrected chi connectivity index (χ4v) is 2.34. The molecule has 0 spiro atoms. The summed E-state index contributed by atoms with van der Waals surface area (Å²) >= 11 is 5.58. The van der Waals surface area contributed by atoms with Crippen LogP contribution in [0.1, 0.15) is 0 Å². The lowest BCUT2D eigenvalue weighted by Crippen LogP contribution is -2.14. The van der Waals surface area contributed by atoms with E-state index in [1.165, 1.54) is 12.4 Å². The molecule has 0 unspecified atom stereocenters. The fraction of sp³-hybridized carbons (Fsp3) is 0. The molecule has 0 aliphatic rings. The van der Waals surface area contributed by atoms with Gasteiger partial charge in [-0.2, -0.15) is 0 Å². The molecule has 0 atom stereocenters. The minimum atomic E-state index is -3.82. The number of sulfonamides is 1. The second-order valence-electron chi connectivity index (χ2n) is 3.29. The van der Waals surface area contributed by atoms with Gasteiger partial charge in [-0.15, -0.1) is 0 Å². The summed E-state index contributed by atoms with van der Waals surface area (Å²) in [7, 11) is -3.82. The van der Waals surface area contributed by atoms with Crippen molar-refractivity contribution in [2.75, 3.05) is 4.72 Å². The first kappa shape index (κ1) is 12.7. The molecule has 1 N–H and O–H groups in total. The van der Waals surface area contributed by atoms with E-state index in [4.69, 9.17) is 11.6 Å². The van der Waals surface area contributed by atoms with Gasteiger partial charge in [0.15, 0.2) is 5.82 Å². The van der Waals surface area contributed by atoms with E-state index < -0.39 is 15.8 Å². The van der Waals surface area contributed by atoms with E-state index in [-0.39, 0.29) is 15.9 Å². The van der Waals surface area contributed by atoms with Gasteiger partial charge in [0.1, 0.15) is 11.0 Å². The summed E-state index contributed by atoms with van der Waals surface area (Å²) in [4.78, 5) is 7.36. The maximum Gasteiger partial charge on any atom is 0.263 e. The number of hydrogen-bond acceptors (Lipinski definition) is 4. The molecule has 0 aliphatic heterocycles. The first-order valence-electron chi connectivity index (χ1n) is 4.73. The van der Waals surface area contributed by atoms with Crippen molar-refractivity contribution in [1.82, 2.24) is 9.97 Å². The van der Waals surface area contributed by atoms with Crippen LogP contribution in [0.15, 0.2) is 41.6 Å². The topological polar surface area (TPSA) is 72.0 Å². The highest BCUT2D eigenvalue weighted by atomic mass is 35.5. The first-order chi connectivity index (χ1) is 8.47. The molecule has 1 heterocycles. The fourth-order valence-electron chi connectivity index (χ4n) is 1.20. The Kier molecular flexibility index (Phi) is 3.44. The highest BCUT2D eigenvalue weighted by molar-refractivity contribution is 7.92. The van der Waals surface area contributed by atoms with Gasteiger partial charge in [-0.1, -0.05) is 11.6 Å². The molecule has 18 heavy (non-hydrogen) atoms. The quantitative estimate of drug-likeness (QED) is 0.938. The van der Waals surface area contributed by atoms with Crippen molar-refractivity contribution in [3.05, 3.63) is 47.6 Å². The number of rotatable bonds is 3. The number of anilines is 1. The van der Waals surface area contributed by atoms with Gasteiger partial charge in [0.25, 0.3) is 10.0 Å². The molecular formula is C10H7ClFN3O2S. The Labute approximate surface area is 108 Å². The average molecular weight is 288 g/mol. The molecule has 0 radical (unpaired) electrons. The lowest BCUT2D eigenvalue weighted by atomic mass is 10.4. The highest BCUT2D eigenvalue weighted by Crippen LogP contribution is 2.15. The van der Waals surface area contributed by atoms with E-state index in [9.17, 15) is 12.8 Å². The maximum absolute atomic E-state index is 12.7. The molecule has 8 heteroatoms. The first-order valence-corrected chi connectivity index (χ1v) is 6.59. The molecule has 0 bridgehead atoms. The minimum Gasteiger partial charge on any atom is -0.262 e. The van der Waals surface area contributed by atoms with Crippen LogP contribution in [-0.4, -0.2) is 18.4 Å². The Hall–Kier alpha value is -1.73. The third-order valence-electron chi connectivity index (χ3n) is 1.97. The Morgan fingerprint density at radius 3 is 2.44 bits per heavy atom. The van der Waals surface area contributed by atoms with Gasteiger partial charge < -0.3 is 0 Å². The van der Waals surface area contributed by atoms with E-state index in [1.54, 1.807) is 0 Å².